The lowest BCUT2D eigenvalue weighted by Gasteiger charge is -2.35. The highest BCUT2D eigenvalue weighted by Gasteiger charge is 2.34. The number of alkyl halides is 3. The van der Waals surface area contributed by atoms with Crippen LogP contribution in [-0.2, 0) is 27.5 Å². The number of sulfonamides is 1. The van der Waals surface area contributed by atoms with Gasteiger partial charge >= 0.3 is 12.3 Å². The Bertz CT molecular complexity index is 2030. The molecule has 3 heterocycles. The monoisotopic (exact) mass is 742 g/mol. The Morgan fingerprint density at radius 2 is 1.76 bits per heavy atom. The van der Waals surface area contributed by atoms with Crippen LogP contribution in [-0.4, -0.2) is 63.3 Å². The normalized spacial score (nSPS) is 15.1. The molecule has 10 nitrogen and oxygen atoms in total. The van der Waals surface area contributed by atoms with Crippen LogP contribution in [0.4, 0.5) is 34.5 Å². The van der Waals surface area contributed by atoms with Gasteiger partial charge in [0.1, 0.15) is 23.7 Å². The molecule has 270 valence electrons. The molecule has 6 rings (SSSR count). The maximum absolute atomic E-state index is 14.2. The fraction of sp³-hybridized carbons (Fsp3) is 0.333. The smallest absolute Gasteiger partial charge is 0.416 e. The van der Waals surface area contributed by atoms with Crippen LogP contribution in [0.5, 0.6) is 11.5 Å². The molecular weight excluding hydrogens is 706 g/mol. The molecular formula is C36H37F3N4O6S2. The number of anilines is 3. The largest absolute Gasteiger partial charge is 0.497 e. The molecule has 0 saturated heterocycles. The van der Waals surface area contributed by atoms with Crippen LogP contribution >= 0.6 is 11.3 Å². The predicted octanol–water partition coefficient (Wildman–Crippen LogP) is 8.12. The molecule has 51 heavy (non-hydrogen) atoms. The summed E-state index contributed by atoms with van der Waals surface area (Å²) in [7, 11) is -2.60. The molecule has 3 aromatic carbocycles. The van der Waals surface area contributed by atoms with E-state index in [1.54, 1.807) is 69.7 Å². The summed E-state index contributed by atoms with van der Waals surface area (Å²) in [6.07, 6.45) is -1.48. The Hall–Kier alpha value is -4.76. The number of halogens is 3. The van der Waals surface area contributed by atoms with Crippen molar-refractivity contribution in [3.63, 3.8) is 0 Å². The number of rotatable bonds is 8. The van der Waals surface area contributed by atoms with Gasteiger partial charge < -0.3 is 24.0 Å². The zero-order valence-corrected chi connectivity index (χ0v) is 30.1. The number of benzene rings is 3. The lowest BCUT2D eigenvalue weighted by Crippen LogP contribution is -2.39. The molecule has 0 fully saturated rings. The molecule has 0 aliphatic carbocycles. The molecule has 2 aliphatic heterocycles. The summed E-state index contributed by atoms with van der Waals surface area (Å²) >= 11 is 1.19. The summed E-state index contributed by atoms with van der Waals surface area (Å²) in [4.78, 5) is 20.3. The summed E-state index contributed by atoms with van der Waals surface area (Å²) in [5.74, 6) is 0.906. The highest BCUT2D eigenvalue weighted by atomic mass is 32.2. The molecule has 2 aliphatic rings. The number of ether oxygens (including phenoxy) is 3. The molecule has 0 bridgehead atoms. The Morgan fingerprint density at radius 3 is 2.39 bits per heavy atom. The van der Waals surface area contributed by atoms with Crippen molar-refractivity contribution in [2.24, 2.45) is 0 Å². The van der Waals surface area contributed by atoms with Gasteiger partial charge in [-0.05, 0) is 80.8 Å². The first-order valence-corrected chi connectivity index (χ1v) is 18.4. The molecule has 1 amide bonds. The highest BCUT2D eigenvalue weighted by Crippen LogP contribution is 2.44. The number of thiazole rings is 1. The van der Waals surface area contributed by atoms with E-state index >= 15 is 0 Å². The fourth-order valence-electron chi connectivity index (χ4n) is 5.84. The van der Waals surface area contributed by atoms with Gasteiger partial charge in [-0.2, -0.15) is 13.2 Å². The van der Waals surface area contributed by atoms with E-state index in [2.05, 4.69) is 4.98 Å². The maximum atomic E-state index is 14.2. The van der Waals surface area contributed by atoms with Crippen molar-refractivity contribution in [2.45, 2.75) is 50.4 Å². The van der Waals surface area contributed by atoms with Gasteiger partial charge in [-0.3, -0.25) is 0 Å². The Balaban J connectivity index is 1.34. The van der Waals surface area contributed by atoms with Gasteiger partial charge in [0.05, 0.1) is 36.3 Å². The van der Waals surface area contributed by atoms with E-state index in [-0.39, 0.29) is 42.0 Å². The minimum atomic E-state index is -4.58. The van der Waals surface area contributed by atoms with Gasteiger partial charge in [0.25, 0.3) is 10.0 Å². The van der Waals surface area contributed by atoms with Crippen LogP contribution in [0.1, 0.15) is 43.9 Å². The van der Waals surface area contributed by atoms with Gasteiger partial charge in [-0.25, -0.2) is 22.5 Å². The topological polar surface area (TPSA) is 102 Å². The lowest BCUT2D eigenvalue weighted by atomic mass is 9.94. The number of hydrogen-bond acceptors (Lipinski definition) is 9. The molecule has 0 spiro atoms. The zero-order valence-electron chi connectivity index (χ0n) is 28.4. The third-order valence-electron chi connectivity index (χ3n) is 8.32. The zero-order chi connectivity index (χ0) is 36.6. The summed E-state index contributed by atoms with van der Waals surface area (Å²) in [6, 6.07) is 15.2. The number of hydrogen-bond donors (Lipinski definition) is 0. The number of methoxy groups -OCH3 is 1. The van der Waals surface area contributed by atoms with Gasteiger partial charge in [0.2, 0.25) is 0 Å². The molecule has 4 aromatic rings. The Morgan fingerprint density at radius 1 is 1.02 bits per heavy atom. The van der Waals surface area contributed by atoms with Crippen LogP contribution < -0.4 is 18.7 Å². The molecule has 1 aromatic heterocycles. The van der Waals surface area contributed by atoms with Crippen molar-refractivity contribution < 1.29 is 40.6 Å². The second kappa shape index (κ2) is 14.1. The quantitative estimate of drug-likeness (QED) is 0.179. The number of aromatic nitrogens is 1. The van der Waals surface area contributed by atoms with Gasteiger partial charge in [0.15, 0.2) is 5.13 Å². The van der Waals surface area contributed by atoms with E-state index in [1.807, 2.05) is 4.90 Å². The van der Waals surface area contributed by atoms with Crippen LogP contribution in [0.3, 0.4) is 0 Å². The molecule has 0 saturated carbocycles. The second-order valence-electron chi connectivity index (χ2n) is 12.9. The lowest BCUT2D eigenvalue weighted by molar-refractivity contribution is -0.137. The van der Waals surface area contributed by atoms with Crippen molar-refractivity contribution in [3.8, 4) is 11.5 Å². The first-order chi connectivity index (χ1) is 24.1. The fourth-order valence-corrected chi connectivity index (χ4v) is 8.13. The molecule has 0 N–H and O–H groups in total. The summed E-state index contributed by atoms with van der Waals surface area (Å²) in [5, 5.41) is 1.98. The number of carbonyl (C=O) groups is 1. The summed E-state index contributed by atoms with van der Waals surface area (Å²) < 4.78 is 88.2. The van der Waals surface area contributed by atoms with Gasteiger partial charge in [0, 0.05) is 42.0 Å². The van der Waals surface area contributed by atoms with Crippen molar-refractivity contribution in [2.75, 3.05) is 42.6 Å². The van der Waals surface area contributed by atoms with Crippen LogP contribution in [0, 0.1) is 0 Å². The maximum Gasteiger partial charge on any atom is 0.416 e. The third-order valence-corrected chi connectivity index (χ3v) is 11.0. The minimum absolute atomic E-state index is 0.0132. The molecule has 0 unspecified atom stereocenters. The number of amides is 1. The highest BCUT2D eigenvalue weighted by molar-refractivity contribution is 7.93. The average Bonchev–Trinajstić information content (AvgIpc) is 3.64. The third kappa shape index (κ3) is 7.94. The van der Waals surface area contributed by atoms with Crippen LogP contribution in [0.15, 0.2) is 83.2 Å². The molecule has 15 heteroatoms. The minimum Gasteiger partial charge on any atom is -0.497 e. The average molecular weight is 743 g/mol. The van der Waals surface area contributed by atoms with Crippen LogP contribution in [0.25, 0.3) is 5.57 Å². The van der Waals surface area contributed by atoms with E-state index in [4.69, 9.17) is 14.2 Å². The predicted molar refractivity (Wildman–Crippen MR) is 189 cm³/mol. The summed E-state index contributed by atoms with van der Waals surface area (Å²) in [6.45, 7) is 6.22. The summed E-state index contributed by atoms with van der Waals surface area (Å²) in [5.41, 5.74) is 1.26. The Labute approximate surface area is 298 Å². The van der Waals surface area contributed by atoms with Crippen molar-refractivity contribution >= 4 is 49.5 Å². The van der Waals surface area contributed by atoms with Crippen LogP contribution in [0.2, 0.25) is 0 Å². The second-order valence-corrected chi connectivity index (χ2v) is 15.7. The molecule has 0 atom stereocenters. The van der Waals surface area contributed by atoms with Gasteiger partial charge in [-0.15, -0.1) is 11.3 Å². The van der Waals surface area contributed by atoms with E-state index in [1.165, 1.54) is 44.9 Å². The SMILES string of the molecule is COc1ccc(CN(c2nccs2)S(=O)(=O)c2ccc3c(c2)OCCN3c2ccc(C(F)(F)F)cc2C2=CCN(C(=O)OC(C)(C)C)CC2)cc1. The standard InChI is InChI=1S/C36H37F3N4O6S2/c1-35(2,3)49-34(44)41-16-13-25(14-17-41)29-21-26(36(37,38)39)7-11-30(29)42-18-19-48-32-22-28(10-12-31(32)42)51(45,46)43(33-40-15-20-50-33)23-24-5-8-27(47-4)9-6-24/h5-13,15,20-22H,14,16-19,23H2,1-4H3. The first kappa shape index (κ1) is 36.0. The number of nitrogens with zero attached hydrogens (tertiary/aromatic N) is 4. The molecule has 0 radical (unpaired) electrons. The van der Waals surface area contributed by atoms with E-state index in [9.17, 15) is 26.4 Å². The Kier molecular flexibility index (Phi) is 9.97. The van der Waals surface area contributed by atoms with E-state index in [0.29, 0.717) is 41.2 Å². The van der Waals surface area contributed by atoms with E-state index < -0.39 is 33.5 Å². The number of carbonyl (C=O) groups excluding carboxylic acids is 1. The number of fused-ring (bicyclic) bond motifs is 1. The first-order valence-electron chi connectivity index (χ1n) is 16.1. The van der Waals surface area contributed by atoms with Crippen molar-refractivity contribution in [3.05, 3.63) is 95.0 Å². The van der Waals surface area contributed by atoms with Crippen molar-refractivity contribution in [1.29, 1.82) is 0 Å². The van der Waals surface area contributed by atoms with Gasteiger partial charge in [-0.1, -0.05) is 18.2 Å². The van der Waals surface area contributed by atoms with E-state index in [0.717, 1.165) is 17.7 Å². The van der Waals surface area contributed by atoms with Crippen molar-refractivity contribution in [1.82, 2.24) is 9.88 Å².